The molecular weight excluding hydrogens is 555 g/mol. The number of hydrogen-bond donors (Lipinski definition) is 2. The lowest BCUT2D eigenvalue weighted by Crippen LogP contribution is -2.67. The Morgan fingerprint density at radius 1 is 0.718 bits per heavy atom. The number of carbonyl (C=O) groups is 1. The van der Waals surface area contributed by atoms with Gasteiger partial charge in [-0.3, -0.25) is 0 Å². The Kier molecular flexibility index (Phi) is 10.6. The van der Waals surface area contributed by atoms with E-state index in [4.69, 9.17) is 14.2 Å². The van der Waals surface area contributed by atoms with E-state index >= 15 is 0 Å². The summed E-state index contributed by atoms with van der Waals surface area (Å²) < 4.78 is 137. The molecule has 39 heavy (non-hydrogen) atoms. The highest BCUT2D eigenvalue weighted by molar-refractivity contribution is 5.87. The van der Waals surface area contributed by atoms with Crippen molar-refractivity contribution in [2.24, 2.45) is 5.41 Å². The number of carbonyl (C=O) groups excluding carboxylic acids is 1. The van der Waals surface area contributed by atoms with E-state index in [1.165, 1.54) is 20.8 Å². The maximum Gasteiger partial charge on any atom is 0.428 e. The maximum absolute atomic E-state index is 13.4. The zero-order valence-electron chi connectivity index (χ0n) is 23.4. The van der Waals surface area contributed by atoms with Crippen LogP contribution in [0.2, 0.25) is 0 Å². The van der Waals surface area contributed by atoms with Crippen LogP contribution >= 0.6 is 0 Å². The number of alkyl halides is 9. The average Bonchev–Trinajstić information content (AvgIpc) is 2.66. The molecule has 0 bridgehead atoms. The second-order valence-electron chi connectivity index (χ2n) is 11.3. The molecule has 0 radical (unpaired) electrons. The van der Waals surface area contributed by atoms with Crippen LogP contribution in [0.4, 0.5) is 39.5 Å². The van der Waals surface area contributed by atoms with Gasteiger partial charge >= 0.3 is 24.5 Å². The Labute approximate surface area is 221 Å². The first-order chi connectivity index (χ1) is 16.7. The van der Waals surface area contributed by atoms with Crippen molar-refractivity contribution in [2.75, 3.05) is 0 Å². The predicted molar refractivity (Wildman–Crippen MR) is 121 cm³/mol. The molecule has 0 aromatic carbocycles. The van der Waals surface area contributed by atoms with Gasteiger partial charge in [-0.25, -0.2) is 4.79 Å². The number of rotatable bonds is 11. The van der Waals surface area contributed by atoms with Crippen LogP contribution in [-0.4, -0.2) is 75.4 Å². The second-order valence-corrected chi connectivity index (χ2v) is 11.3. The van der Waals surface area contributed by atoms with Gasteiger partial charge in [0, 0.05) is 11.0 Å². The van der Waals surface area contributed by atoms with Gasteiger partial charge in [-0.2, -0.15) is 39.5 Å². The molecule has 232 valence electrons. The van der Waals surface area contributed by atoms with Crippen molar-refractivity contribution in [3.8, 4) is 0 Å². The normalized spacial score (nSPS) is 18.7. The Balaban J connectivity index is 6.77. The Morgan fingerprint density at radius 3 is 1.41 bits per heavy atom. The van der Waals surface area contributed by atoms with Crippen molar-refractivity contribution < 1.29 is 68.7 Å². The van der Waals surface area contributed by atoms with E-state index in [1.807, 2.05) is 0 Å². The molecule has 0 aliphatic carbocycles. The summed E-state index contributed by atoms with van der Waals surface area (Å²) in [7, 11) is 0. The fourth-order valence-corrected chi connectivity index (χ4v) is 3.84. The zero-order valence-corrected chi connectivity index (χ0v) is 23.4. The number of hydrogen-bond acceptors (Lipinski definition) is 6. The monoisotopic (exact) mass is 592 g/mol. The zero-order chi connectivity index (χ0) is 32.0. The van der Waals surface area contributed by atoms with Crippen molar-refractivity contribution >= 4 is 5.97 Å². The summed E-state index contributed by atoms with van der Waals surface area (Å²) in [6.45, 7) is 13.0. The molecule has 2 N–H and O–H groups in total. The van der Waals surface area contributed by atoms with Crippen molar-refractivity contribution in [3.63, 3.8) is 0 Å². The smallest absolute Gasteiger partial charge is 0.428 e. The molecule has 15 heteroatoms. The molecule has 0 aromatic heterocycles. The van der Waals surface area contributed by atoms with E-state index in [-0.39, 0.29) is 5.57 Å². The first-order valence-electron chi connectivity index (χ1n) is 11.6. The Hall–Kier alpha value is -1.58. The standard InChI is InChI=1S/C24H37F9O6/c1-12(2)15(34)37-16(18(7,8)38-13(3)20(11,35)22(25,26)27)17(5,6)19(9,10)39-14(4)21(36,23(28,29)30)24(31,32)33/h13-14,16,35-36H,1H2,2-11H3. The van der Waals surface area contributed by atoms with Crippen molar-refractivity contribution in [1.29, 1.82) is 0 Å². The molecule has 0 saturated heterocycles. The lowest BCUT2D eigenvalue weighted by atomic mass is 9.67. The van der Waals surface area contributed by atoms with Crippen LogP contribution in [-0.2, 0) is 19.0 Å². The van der Waals surface area contributed by atoms with Gasteiger partial charge < -0.3 is 24.4 Å². The van der Waals surface area contributed by atoms with E-state index in [0.717, 1.165) is 34.6 Å². The molecule has 0 spiro atoms. The lowest BCUT2D eigenvalue weighted by molar-refractivity contribution is -0.402. The number of halogens is 9. The maximum atomic E-state index is 13.4. The van der Waals surface area contributed by atoms with Crippen LogP contribution < -0.4 is 0 Å². The van der Waals surface area contributed by atoms with Crippen molar-refractivity contribution in [1.82, 2.24) is 0 Å². The van der Waals surface area contributed by atoms with E-state index in [2.05, 4.69) is 6.58 Å². The summed E-state index contributed by atoms with van der Waals surface area (Å²) in [4.78, 5) is 12.5. The second kappa shape index (κ2) is 11.0. The molecule has 4 atom stereocenters. The van der Waals surface area contributed by atoms with Crippen LogP contribution in [0.3, 0.4) is 0 Å². The minimum absolute atomic E-state index is 0.197. The molecular formula is C24H37F9O6. The van der Waals surface area contributed by atoms with Crippen LogP contribution in [0, 0.1) is 5.41 Å². The van der Waals surface area contributed by atoms with Crippen LogP contribution in [0.15, 0.2) is 12.2 Å². The topological polar surface area (TPSA) is 85.2 Å². The highest BCUT2D eigenvalue weighted by Gasteiger charge is 2.74. The van der Waals surface area contributed by atoms with Crippen LogP contribution in [0.5, 0.6) is 0 Å². The van der Waals surface area contributed by atoms with Gasteiger partial charge in [0.05, 0.1) is 11.7 Å². The van der Waals surface area contributed by atoms with Crippen LogP contribution in [0.25, 0.3) is 0 Å². The van der Waals surface area contributed by atoms with E-state index < -0.39 is 70.6 Å². The molecule has 0 rings (SSSR count). The number of esters is 1. The summed E-state index contributed by atoms with van der Waals surface area (Å²) >= 11 is 0. The summed E-state index contributed by atoms with van der Waals surface area (Å²) in [5.41, 5.74) is -14.8. The Bertz CT molecular complexity index is 872. The summed E-state index contributed by atoms with van der Waals surface area (Å²) in [5, 5.41) is 19.8. The van der Waals surface area contributed by atoms with Crippen molar-refractivity contribution in [2.45, 2.75) is 128 Å². The third-order valence-corrected chi connectivity index (χ3v) is 7.18. The summed E-state index contributed by atoms with van der Waals surface area (Å²) in [6.07, 6.45) is -24.3. The minimum atomic E-state index is -6.21. The minimum Gasteiger partial charge on any atom is -0.455 e. The van der Waals surface area contributed by atoms with Gasteiger partial charge in [0.2, 0.25) is 0 Å². The molecule has 0 heterocycles. The van der Waals surface area contributed by atoms with E-state index in [0.29, 0.717) is 13.8 Å². The van der Waals surface area contributed by atoms with Gasteiger partial charge in [-0.15, -0.1) is 0 Å². The first-order valence-corrected chi connectivity index (χ1v) is 11.6. The number of aliphatic hydroxyl groups is 2. The van der Waals surface area contributed by atoms with E-state index in [1.54, 1.807) is 0 Å². The van der Waals surface area contributed by atoms with Gasteiger partial charge in [-0.1, -0.05) is 20.4 Å². The third kappa shape index (κ3) is 7.39. The van der Waals surface area contributed by atoms with E-state index in [9.17, 15) is 54.5 Å². The highest BCUT2D eigenvalue weighted by atomic mass is 19.4. The predicted octanol–water partition coefficient (Wildman–Crippen LogP) is 6.04. The molecule has 0 aromatic rings. The van der Waals surface area contributed by atoms with Gasteiger partial charge in [0.1, 0.15) is 17.8 Å². The summed E-state index contributed by atoms with van der Waals surface area (Å²) in [6, 6.07) is 0. The van der Waals surface area contributed by atoms with Gasteiger partial charge in [0.15, 0.2) is 5.60 Å². The summed E-state index contributed by atoms with van der Waals surface area (Å²) in [5.74, 6) is -1.11. The third-order valence-electron chi connectivity index (χ3n) is 7.18. The molecule has 0 aliphatic rings. The molecule has 6 nitrogen and oxygen atoms in total. The molecule has 0 saturated carbocycles. The van der Waals surface area contributed by atoms with Crippen LogP contribution in [0.1, 0.15) is 69.2 Å². The quantitative estimate of drug-likeness (QED) is 0.173. The number of ether oxygens (including phenoxy) is 3. The van der Waals surface area contributed by atoms with Crippen molar-refractivity contribution in [3.05, 3.63) is 12.2 Å². The Morgan fingerprint density at radius 2 is 1.10 bits per heavy atom. The largest absolute Gasteiger partial charge is 0.455 e. The SMILES string of the molecule is C=C(C)C(=O)OC(C(C)(C)OC(C)C(C)(O)C(F)(F)F)C(C)(C)C(C)(C)OC(C)C(O)(C(F)(F)F)C(F)(F)F. The fraction of sp³-hybridized carbons (Fsp3) is 0.875. The molecule has 4 unspecified atom stereocenters. The molecule has 0 fully saturated rings. The lowest BCUT2D eigenvalue weighted by Gasteiger charge is -2.53. The highest BCUT2D eigenvalue weighted by Crippen LogP contribution is 2.50. The first kappa shape index (κ1) is 37.4. The average molecular weight is 593 g/mol. The van der Waals surface area contributed by atoms with Gasteiger partial charge in [0.25, 0.3) is 5.60 Å². The van der Waals surface area contributed by atoms with Gasteiger partial charge in [-0.05, 0) is 55.4 Å². The molecule has 0 aliphatic heterocycles. The fourth-order valence-electron chi connectivity index (χ4n) is 3.84. The molecule has 0 amide bonds.